The minimum atomic E-state index is 0.276. The van der Waals surface area contributed by atoms with Crippen LogP contribution < -0.4 is 0 Å². The molecule has 1 aromatic heterocycles. The maximum Gasteiger partial charge on any atom is 0.0457 e. The van der Waals surface area contributed by atoms with Gasteiger partial charge in [0.25, 0.3) is 0 Å². The molecule has 2 aromatic carbocycles. The maximum absolute atomic E-state index is 4.30. The molecule has 3 aromatic rings. The first-order chi connectivity index (χ1) is 13.9. The highest BCUT2D eigenvalue weighted by molar-refractivity contribution is 9.10. The second-order valence-corrected chi connectivity index (χ2v) is 10.5. The SMILES string of the molecule is C=C(C)C[C@H]1[C@H]2c3c(Br)cccc3[C@H](CC2(C)C)N1Cc1c[nH]c2ccccc12. The Morgan fingerprint density at radius 1 is 1.21 bits per heavy atom. The van der Waals surface area contributed by atoms with Gasteiger partial charge in [0, 0.05) is 46.1 Å². The fraction of sp³-hybridized carbons (Fsp3) is 0.385. The molecule has 0 radical (unpaired) electrons. The number of aromatic amines is 1. The number of hydrogen-bond acceptors (Lipinski definition) is 1. The van der Waals surface area contributed by atoms with Crippen molar-refractivity contribution in [1.29, 1.82) is 0 Å². The highest BCUT2D eigenvalue weighted by Crippen LogP contribution is 2.61. The van der Waals surface area contributed by atoms with E-state index in [9.17, 15) is 0 Å². The van der Waals surface area contributed by atoms with Crippen molar-refractivity contribution in [1.82, 2.24) is 9.88 Å². The van der Waals surface area contributed by atoms with Gasteiger partial charge in [0.2, 0.25) is 0 Å². The third-order valence-corrected chi connectivity index (χ3v) is 7.81. The summed E-state index contributed by atoms with van der Waals surface area (Å²) in [5.41, 5.74) is 7.23. The van der Waals surface area contributed by atoms with E-state index in [0.29, 0.717) is 18.0 Å². The molecule has 2 bridgehead atoms. The van der Waals surface area contributed by atoms with E-state index < -0.39 is 0 Å². The third kappa shape index (κ3) is 3.02. The van der Waals surface area contributed by atoms with Gasteiger partial charge in [-0.2, -0.15) is 0 Å². The maximum atomic E-state index is 4.30. The predicted octanol–water partition coefficient (Wildman–Crippen LogP) is 7.34. The van der Waals surface area contributed by atoms with Crippen LogP contribution in [0, 0.1) is 5.41 Å². The van der Waals surface area contributed by atoms with E-state index in [1.54, 1.807) is 0 Å². The van der Waals surface area contributed by atoms with Gasteiger partial charge in [0.15, 0.2) is 0 Å². The van der Waals surface area contributed by atoms with Crippen molar-refractivity contribution in [2.75, 3.05) is 0 Å². The standard InChI is InChI=1S/C26H29BrN2/c1-16(2)12-22-25-24-19(9-7-10-20(24)27)23(13-26(25,3)4)29(22)15-17-14-28-21-11-6-5-8-18(17)21/h5-11,14,22-23,25,28H,1,12-13,15H2,2-4H3/t22-,23-,25-/m0/s1. The molecule has 150 valence electrons. The van der Waals surface area contributed by atoms with Gasteiger partial charge in [-0.05, 0) is 54.0 Å². The molecule has 6 rings (SSSR count). The predicted molar refractivity (Wildman–Crippen MR) is 125 cm³/mol. The van der Waals surface area contributed by atoms with Gasteiger partial charge in [0.05, 0.1) is 0 Å². The molecule has 3 aliphatic rings. The Bertz CT molecular complexity index is 1090. The van der Waals surface area contributed by atoms with Gasteiger partial charge in [-0.15, -0.1) is 6.58 Å². The highest BCUT2D eigenvalue weighted by Gasteiger charge is 2.54. The minimum Gasteiger partial charge on any atom is -0.361 e. The molecule has 3 atom stereocenters. The third-order valence-electron chi connectivity index (χ3n) is 7.11. The topological polar surface area (TPSA) is 19.0 Å². The van der Waals surface area contributed by atoms with Crippen LogP contribution in [0.25, 0.3) is 10.9 Å². The van der Waals surface area contributed by atoms with E-state index in [-0.39, 0.29) is 5.41 Å². The molecular formula is C26H29BrN2. The average Bonchev–Trinajstić information content (AvgIpc) is 3.07. The quantitative estimate of drug-likeness (QED) is 0.413. The largest absolute Gasteiger partial charge is 0.361 e. The molecule has 29 heavy (non-hydrogen) atoms. The van der Waals surface area contributed by atoms with Crippen molar-refractivity contribution in [2.45, 2.75) is 58.2 Å². The normalized spacial score (nSPS) is 25.3. The van der Waals surface area contributed by atoms with E-state index in [1.807, 2.05) is 0 Å². The van der Waals surface area contributed by atoms with Crippen LogP contribution in [-0.2, 0) is 6.54 Å². The van der Waals surface area contributed by atoms with Crippen molar-refractivity contribution in [3.63, 3.8) is 0 Å². The first-order valence-corrected chi connectivity index (χ1v) is 11.4. The Morgan fingerprint density at radius 2 is 2.00 bits per heavy atom. The molecule has 0 unspecified atom stereocenters. The van der Waals surface area contributed by atoms with Crippen LogP contribution in [0.2, 0.25) is 0 Å². The fourth-order valence-electron chi connectivity index (χ4n) is 6.01. The van der Waals surface area contributed by atoms with E-state index in [4.69, 9.17) is 0 Å². The molecule has 2 nitrogen and oxygen atoms in total. The van der Waals surface area contributed by atoms with Crippen LogP contribution in [-0.4, -0.2) is 15.9 Å². The summed E-state index contributed by atoms with van der Waals surface area (Å²) in [5.74, 6) is 0.500. The summed E-state index contributed by atoms with van der Waals surface area (Å²) in [4.78, 5) is 6.24. The van der Waals surface area contributed by atoms with E-state index in [1.165, 1.54) is 44.1 Å². The number of benzene rings is 2. The average molecular weight is 449 g/mol. The summed E-state index contributed by atoms with van der Waals surface area (Å²) in [5, 5.41) is 1.34. The lowest BCUT2D eigenvalue weighted by molar-refractivity contribution is -0.0314. The Hall–Kier alpha value is -1.84. The second-order valence-electron chi connectivity index (χ2n) is 9.69. The molecular weight excluding hydrogens is 420 g/mol. The first-order valence-electron chi connectivity index (χ1n) is 10.6. The number of aromatic nitrogens is 1. The van der Waals surface area contributed by atoms with Crippen molar-refractivity contribution in [3.8, 4) is 0 Å². The van der Waals surface area contributed by atoms with Crippen LogP contribution in [0.3, 0.4) is 0 Å². The molecule has 3 heterocycles. The number of halogens is 1. The van der Waals surface area contributed by atoms with Gasteiger partial charge in [-0.25, -0.2) is 0 Å². The van der Waals surface area contributed by atoms with Crippen LogP contribution >= 0.6 is 15.9 Å². The lowest BCUT2D eigenvalue weighted by Crippen LogP contribution is -2.56. The lowest BCUT2D eigenvalue weighted by Gasteiger charge is -2.60. The van der Waals surface area contributed by atoms with Crippen molar-refractivity contribution in [3.05, 3.63) is 82.0 Å². The summed E-state index contributed by atoms with van der Waals surface area (Å²) in [6, 6.07) is 16.3. The molecule has 1 aliphatic carbocycles. The van der Waals surface area contributed by atoms with E-state index in [2.05, 4.69) is 102 Å². The van der Waals surface area contributed by atoms with E-state index in [0.717, 1.165) is 13.0 Å². The number of rotatable bonds is 4. The fourth-order valence-corrected chi connectivity index (χ4v) is 6.64. The zero-order valence-electron chi connectivity index (χ0n) is 17.5. The van der Waals surface area contributed by atoms with Crippen molar-refractivity contribution in [2.24, 2.45) is 5.41 Å². The van der Waals surface area contributed by atoms with Crippen molar-refractivity contribution >= 4 is 26.8 Å². The van der Waals surface area contributed by atoms with Gasteiger partial charge >= 0.3 is 0 Å². The smallest absolute Gasteiger partial charge is 0.0457 e. The number of piperidine rings is 1. The molecule has 0 saturated carbocycles. The number of fused-ring (bicyclic) bond motifs is 3. The Balaban J connectivity index is 1.63. The molecule has 3 heteroatoms. The van der Waals surface area contributed by atoms with Crippen LogP contribution in [0.5, 0.6) is 0 Å². The summed E-state index contributed by atoms with van der Waals surface area (Å²) in [6.45, 7) is 12.4. The number of hydrogen-bond donors (Lipinski definition) is 1. The molecule has 0 amide bonds. The Morgan fingerprint density at radius 3 is 2.79 bits per heavy atom. The monoisotopic (exact) mass is 448 g/mol. The number of nitrogens with zero attached hydrogens (tertiary/aromatic N) is 1. The minimum absolute atomic E-state index is 0.276. The van der Waals surface area contributed by atoms with Gasteiger partial charge in [-0.3, -0.25) is 4.90 Å². The van der Waals surface area contributed by atoms with Crippen LogP contribution in [0.15, 0.2) is 65.3 Å². The van der Waals surface area contributed by atoms with Gasteiger partial charge in [0.1, 0.15) is 0 Å². The molecule has 2 aliphatic heterocycles. The van der Waals surface area contributed by atoms with Crippen LogP contribution in [0.1, 0.15) is 62.3 Å². The number of para-hydroxylation sites is 1. The zero-order valence-corrected chi connectivity index (χ0v) is 19.1. The van der Waals surface area contributed by atoms with E-state index >= 15 is 0 Å². The number of H-pyrrole nitrogens is 1. The lowest BCUT2D eigenvalue weighted by atomic mass is 9.57. The van der Waals surface area contributed by atoms with Crippen LogP contribution in [0.4, 0.5) is 0 Å². The summed E-state index contributed by atoms with van der Waals surface area (Å²) in [7, 11) is 0. The highest BCUT2D eigenvalue weighted by atomic mass is 79.9. The second kappa shape index (κ2) is 6.85. The zero-order chi connectivity index (χ0) is 20.3. The van der Waals surface area contributed by atoms with Gasteiger partial charge in [-0.1, -0.05) is 65.7 Å². The number of nitrogens with one attached hydrogen (secondary N) is 1. The Kier molecular flexibility index (Phi) is 4.52. The molecule has 1 fully saturated rings. The first kappa shape index (κ1) is 19.1. The Labute approximate surface area is 182 Å². The molecule has 0 spiro atoms. The summed E-state index contributed by atoms with van der Waals surface area (Å²) >= 11 is 3.90. The van der Waals surface area contributed by atoms with Crippen molar-refractivity contribution < 1.29 is 0 Å². The molecule has 1 N–H and O–H groups in total. The molecule has 1 saturated heterocycles. The summed E-state index contributed by atoms with van der Waals surface area (Å²) < 4.78 is 1.27. The summed E-state index contributed by atoms with van der Waals surface area (Å²) in [6.07, 6.45) is 4.46. The van der Waals surface area contributed by atoms with Gasteiger partial charge < -0.3 is 4.98 Å².